The van der Waals surface area contributed by atoms with Crippen LogP contribution < -0.4 is 24.4 Å². The molecule has 0 aliphatic carbocycles. The number of nitrogens with one attached hydrogen (secondary N) is 1. The Labute approximate surface area is 311 Å². The van der Waals surface area contributed by atoms with Crippen LogP contribution in [-0.2, 0) is 32.7 Å². The molecular weight excluding hydrogens is 699 g/mol. The van der Waals surface area contributed by atoms with Gasteiger partial charge >= 0.3 is 0 Å². The third-order valence-electron chi connectivity index (χ3n) is 10.0. The number of ether oxygens (including phenoxy) is 3. The van der Waals surface area contributed by atoms with Gasteiger partial charge in [0, 0.05) is 68.7 Å². The molecular formula is C38H49N7O7S. The van der Waals surface area contributed by atoms with E-state index in [1.54, 1.807) is 62.5 Å². The SMILES string of the molecule is COc1cc2nc3c(cc2c(OC)c1OC)CN(S(=O)(=O)c1cc(C)ccc1C)CCCCN(C(=O)Cn1ccnc1)CC(=O)NCC1CCCN3C1. The number of methoxy groups -OCH3 is 3. The molecule has 284 valence electrons. The molecule has 1 atom stereocenters. The van der Waals surface area contributed by atoms with Gasteiger partial charge in [0.1, 0.15) is 12.4 Å². The number of carbonyl (C=O) groups excluding carboxylic acids is 2. The van der Waals surface area contributed by atoms with Gasteiger partial charge < -0.3 is 33.9 Å². The Bertz CT molecular complexity index is 2060. The van der Waals surface area contributed by atoms with E-state index in [2.05, 4.69) is 15.2 Å². The molecule has 2 aromatic heterocycles. The molecule has 14 nitrogen and oxygen atoms in total. The second kappa shape index (κ2) is 16.4. The van der Waals surface area contributed by atoms with E-state index in [1.807, 2.05) is 31.2 Å². The maximum atomic E-state index is 14.7. The normalized spacial score (nSPS) is 18.0. The van der Waals surface area contributed by atoms with E-state index in [0.717, 1.165) is 18.4 Å². The number of aromatic nitrogens is 3. The van der Waals surface area contributed by atoms with Crippen molar-refractivity contribution in [3.63, 3.8) is 0 Å². The van der Waals surface area contributed by atoms with Gasteiger partial charge in [-0.15, -0.1) is 0 Å². The number of imidazole rings is 1. The van der Waals surface area contributed by atoms with Crippen LogP contribution in [-0.4, -0.2) is 105 Å². The molecule has 1 fully saturated rings. The lowest BCUT2D eigenvalue weighted by atomic mass is 9.97. The van der Waals surface area contributed by atoms with Crippen LogP contribution in [0.15, 0.2) is 53.9 Å². The largest absolute Gasteiger partial charge is 0.493 e. The molecule has 1 N–H and O–H groups in total. The summed E-state index contributed by atoms with van der Waals surface area (Å²) >= 11 is 0. The third kappa shape index (κ3) is 8.36. The maximum absolute atomic E-state index is 14.7. The Morgan fingerprint density at radius 1 is 0.962 bits per heavy atom. The topological polar surface area (TPSA) is 148 Å². The van der Waals surface area contributed by atoms with E-state index in [-0.39, 0.29) is 55.4 Å². The number of rotatable bonds is 7. The molecule has 2 bridgehead atoms. The Morgan fingerprint density at radius 3 is 2.49 bits per heavy atom. The van der Waals surface area contributed by atoms with Crippen molar-refractivity contribution in [1.82, 2.24) is 29.1 Å². The number of benzene rings is 2. The molecule has 53 heavy (non-hydrogen) atoms. The Kier molecular flexibility index (Phi) is 11.7. The summed E-state index contributed by atoms with van der Waals surface area (Å²) in [5, 5.41) is 3.74. The second-order valence-corrected chi connectivity index (χ2v) is 15.7. The lowest BCUT2D eigenvalue weighted by Gasteiger charge is -2.36. The molecule has 1 saturated heterocycles. The lowest BCUT2D eigenvalue weighted by Crippen LogP contribution is -2.46. The monoisotopic (exact) mass is 747 g/mol. The summed E-state index contributed by atoms with van der Waals surface area (Å²) in [7, 11) is 0.648. The number of fused-ring (bicyclic) bond motifs is 5. The molecule has 6 rings (SSSR count). The minimum Gasteiger partial charge on any atom is -0.493 e. The number of pyridine rings is 1. The minimum atomic E-state index is -4.01. The molecule has 1 unspecified atom stereocenters. The molecule has 0 spiro atoms. The van der Waals surface area contributed by atoms with Crippen LogP contribution >= 0.6 is 0 Å². The highest BCUT2D eigenvalue weighted by molar-refractivity contribution is 7.89. The first-order valence-electron chi connectivity index (χ1n) is 18.0. The van der Waals surface area contributed by atoms with Crippen molar-refractivity contribution < 1.29 is 32.2 Å². The van der Waals surface area contributed by atoms with E-state index >= 15 is 0 Å². The fourth-order valence-corrected chi connectivity index (χ4v) is 9.01. The molecule has 4 heterocycles. The van der Waals surface area contributed by atoms with Crippen molar-refractivity contribution in [3.8, 4) is 17.2 Å². The second-order valence-electron chi connectivity index (χ2n) is 13.8. The summed E-state index contributed by atoms with van der Waals surface area (Å²) in [5.74, 6) is 1.66. The summed E-state index contributed by atoms with van der Waals surface area (Å²) in [4.78, 5) is 39.9. The zero-order valence-electron chi connectivity index (χ0n) is 31.1. The molecule has 2 aliphatic rings. The Morgan fingerprint density at radius 2 is 1.75 bits per heavy atom. The highest BCUT2D eigenvalue weighted by atomic mass is 32.2. The maximum Gasteiger partial charge on any atom is 0.243 e. The van der Waals surface area contributed by atoms with Crippen molar-refractivity contribution in [2.45, 2.75) is 57.5 Å². The fourth-order valence-electron chi connectivity index (χ4n) is 7.24. The predicted molar refractivity (Wildman–Crippen MR) is 201 cm³/mol. The van der Waals surface area contributed by atoms with Gasteiger partial charge in [0.05, 0.1) is 44.6 Å². The number of aryl methyl sites for hydroxylation is 2. The van der Waals surface area contributed by atoms with Crippen LogP contribution in [0.4, 0.5) is 5.82 Å². The Hall–Kier alpha value is -4.89. The quantitative estimate of drug-likeness (QED) is 0.295. The van der Waals surface area contributed by atoms with Crippen molar-refractivity contribution in [1.29, 1.82) is 0 Å². The molecule has 0 radical (unpaired) electrons. The molecule has 4 aromatic rings. The summed E-state index contributed by atoms with van der Waals surface area (Å²) in [6, 6.07) is 9.21. The Balaban J connectivity index is 1.45. The van der Waals surface area contributed by atoms with Crippen LogP contribution in [0.5, 0.6) is 17.2 Å². The smallest absolute Gasteiger partial charge is 0.243 e. The van der Waals surface area contributed by atoms with Crippen LogP contribution in [0.25, 0.3) is 10.9 Å². The summed E-state index contributed by atoms with van der Waals surface area (Å²) in [5.41, 5.74) is 2.82. The fraction of sp³-hybridized carbons (Fsp3) is 0.474. The van der Waals surface area contributed by atoms with Gasteiger partial charge in [-0.3, -0.25) is 9.59 Å². The van der Waals surface area contributed by atoms with Crippen LogP contribution in [0.1, 0.15) is 42.4 Å². The molecule has 2 aliphatic heterocycles. The van der Waals surface area contributed by atoms with Crippen molar-refractivity contribution in [3.05, 3.63) is 65.7 Å². The van der Waals surface area contributed by atoms with Gasteiger partial charge in [-0.05, 0) is 68.7 Å². The summed E-state index contributed by atoms with van der Waals surface area (Å²) in [6.45, 7) is 5.91. The van der Waals surface area contributed by atoms with Gasteiger partial charge in [0.25, 0.3) is 0 Å². The average Bonchev–Trinajstić information content (AvgIpc) is 3.67. The zero-order chi connectivity index (χ0) is 37.7. The first-order valence-corrected chi connectivity index (χ1v) is 19.4. The van der Waals surface area contributed by atoms with Gasteiger partial charge in [-0.1, -0.05) is 12.1 Å². The predicted octanol–water partition coefficient (Wildman–Crippen LogP) is 3.92. The van der Waals surface area contributed by atoms with E-state index in [4.69, 9.17) is 19.2 Å². The summed E-state index contributed by atoms with van der Waals surface area (Å²) < 4.78 is 49.8. The molecule has 2 aromatic carbocycles. The standard InChI is InChI=1S/C38H49N7O7S/c1-26-10-11-27(2)33(17-26)53(48,49)45-15-7-6-13-43(35(47)24-42-16-12-39-25-42)23-34(46)40-20-28-9-8-14-44(21-28)38-29(22-45)18-30-31(41-38)19-32(50-3)37(52-5)36(30)51-4/h10-12,16-19,25,28H,6-9,13-15,20-24H2,1-5H3,(H,40,46). The molecule has 15 heteroatoms. The number of sulfonamides is 1. The zero-order valence-corrected chi connectivity index (χ0v) is 31.9. The summed E-state index contributed by atoms with van der Waals surface area (Å²) in [6.07, 6.45) is 7.55. The van der Waals surface area contributed by atoms with Crippen LogP contribution in [0, 0.1) is 19.8 Å². The third-order valence-corrected chi connectivity index (χ3v) is 12.0. The van der Waals surface area contributed by atoms with Crippen molar-refractivity contribution in [2.24, 2.45) is 5.92 Å². The van der Waals surface area contributed by atoms with Gasteiger partial charge in [-0.25, -0.2) is 18.4 Å². The van der Waals surface area contributed by atoms with Gasteiger partial charge in [-0.2, -0.15) is 4.31 Å². The van der Waals surface area contributed by atoms with E-state index in [9.17, 15) is 18.0 Å². The van der Waals surface area contributed by atoms with Gasteiger partial charge in [0.15, 0.2) is 11.5 Å². The number of nitrogens with zero attached hydrogens (tertiary/aromatic N) is 6. The van der Waals surface area contributed by atoms with Crippen LogP contribution in [0.3, 0.4) is 0 Å². The highest BCUT2D eigenvalue weighted by Gasteiger charge is 2.31. The van der Waals surface area contributed by atoms with E-state index < -0.39 is 10.0 Å². The lowest BCUT2D eigenvalue weighted by molar-refractivity contribution is -0.136. The first-order chi connectivity index (χ1) is 25.5. The number of amides is 2. The molecule has 0 saturated carbocycles. The van der Waals surface area contributed by atoms with E-state index in [0.29, 0.717) is 77.6 Å². The number of hydrogen-bond donors (Lipinski definition) is 1. The molecule has 2 amide bonds. The highest BCUT2D eigenvalue weighted by Crippen LogP contribution is 2.44. The number of hydrogen-bond acceptors (Lipinski definition) is 10. The van der Waals surface area contributed by atoms with Crippen LogP contribution in [0.2, 0.25) is 0 Å². The number of carbonyl (C=O) groups is 2. The number of anilines is 1. The van der Waals surface area contributed by atoms with Crippen molar-refractivity contribution in [2.75, 3.05) is 65.5 Å². The first kappa shape index (κ1) is 37.9. The minimum absolute atomic E-state index is 0.0483. The number of piperidine rings is 1. The van der Waals surface area contributed by atoms with Gasteiger partial charge in [0.2, 0.25) is 27.6 Å². The average molecular weight is 748 g/mol. The van der Waals surface area contributed by atoms with E-state index in [1.165, 1.54) is 4.31 Å². The van der Waals surface area contributed by atoms with Crippen molar-refractivity contribution >= 4 is 38.6 Å².